The molecule has 0 radical (unpaired) electrons. The van der Waals surface area contributed by atoms with E-state index in [1.54, 1.807) is 6.07 Å². The highest BCUT2D eigenvalue weighted by Gasteiger charge is 2.40. The molecule has 0 aromatic heterocycles. The molecular formula is C13H16F3NO2. The topological polar surface area (TPSA) is 44.5 Å². The highest BCUT2D eigenvalue weighted by Crippen LogP contribution is 2.42. The van der Waals surface area contributed by atoms with Crippen LogP contribution in [0.2, 0.25) is 0 Å². The quantitative estimate of drug-likeness (QED) is 0.897. The number of nitrogens with two attached hydrogens (primary N) is 1. The van der Waals surface area contributed by atoms with Crippen LogP contribution in [-0.2, 0) is 0 Å². The predicted octanol–water partition coefficient (Wildman–Crippen LogP) is 3.24. The van der Waals surface area contributed by atoms with E-state index >= 15 is 0 Å². The third kappa shape index (κ3) is 3.53. The predicted molar refractivity (Wildman–Crippen MR) is 64.0 cm³/mol. The number of alkyl halides is 3. The molecule has 2 rings (SSSR count). The SMILES string of the molecule is NCCC1(Oc2ccccc2OC(F)(F)F)CCC1. The summed E-state index contributed by atoms with van der Waals surface area (Å²) in [5.41, 5.74) is 5.10. The van der Waals surface area contributed by atoms with E-state index in [-0.39, 0.29) is 11.5 Å². The van der Waals surface area contributed by atoms with Gasteiger partial charge < -0.3 is 15.2 Å². The zero-order valence-corrected chi connectivity index (χ0v) is 10.4. The third-order valence-electron chi connectivity index (χ3n) is 3.27. The smallest absolute Gasteiger partial charge is 0.483 e. The lowest BCUT2D eigenvalue weighted by atomic mass is 9.77. The van der Waals surface area contributed by atoms with Gasteiger partial charge in [0.2, 0.25) is 0 Å². The molecule has 0 amide bonds. The molecule has 2 N–H and O–H groups in total. The summed E-state index contributed by atoms with van der Waals surface area (Å²) in [5.74, 6) is -0.189. The molecule has 106 valence electrons. The number of rotatable bonds is 5. The van der Waals surface area contributed by atoms with E-state index in [9.17, 15) is 13.2 Å². The van der Waals surface area contributed by atoms with Crippen molar-refractivity contribution >= 4 is 0 Å². The average Bonchev–Trinajstić information content (AvgIpc) is 2.27. The molecule has 0 saturated heterocycles. The minimum atomic E-state index is -4.72. The van der Waals surface area contributed by atoms with Crippen LogP contribution in [-0.4, -0.2) is 18.5 Å². The van der Waals surface area contributed by atoms with Crippen molar-refractivity contribution < 1.29 is 22.6 Å². The fraction of sp³-hybridized carbons (Fsp3) is 0.538. The standard InChI is InChI=1S/C13H16F3NO2/c14-13(15,16)19-11-5-2-1-4-10(11)18-12(8-9-17)6-3-7-12/h1-2,4-5H,3,6-9,17H2. The van der Waals surface area contributed by atoms with E-state index in [0.29, 0.717) is 13.0 Å². The van der Waals surface area contributed by atoms with Crippen LogP contribution >= 0.6 is 0 Å². The summed E-state index contributed by atoms with van der Waals surface area (Å²) in [6.07, 6.45) is -1.47. The molecule has 6 heteroatoms. The lowest BCUT2D eigenvalue weighted by Crippen LogP contribution is -2.44. The van der Waals surface area contributed by atoms with Gasteiger partial charge in [-0.2, -0.15) is 0 Å². The van der Waals surface area contributed by atoms with Crippen molar-refractivity contribution in [3.05, 3.63) is 24.3 Å². The lowest BCUT2D eigenvalue weighted by Gasteiger charge is -2.42. The second-order valence-corrected chi connectivity index (χ2v) is 4.67. The summed E-state index contributed by atoms with van der Waals surface area (Å²) in [5, 5.41) is 0. The molecule has 1 aromatic rings. The highest BCUT2D eigenvalue weighted by atomic mass is 19.4. The minimum Gasteiger partial charge on any atom is -0.483 e. The fourth-order valence-corrected chi connectivity index (χ4v) is 2.21. The van der Waals surface area contributed by atoms with Gasteiger partial charge in [-0.05, 0) is 44.4 Å². The normalized spacial score (nSPS) is 17.7. The Morgan fingerprint density at radius 2 is 1.79 bits per heavy atom. The second-order valence-electron chi connectivity index (χ2n) is 4.67. The van der Waals surface area contributed by atoms with E-state index in [1.807, 2.05) is 0 Å². The summed E-state index contributed by atoms with van der Waals surface area (Å²) in [7, 11) is 0. The molecule has 3 nitrogen and oxygen atoms in total. The first kappa shape index (κ1) is 14.0. The monoisotopic (exact) mass is 275 g/mol. The maximum Gasteiger partial charge on any atom is 0.573 e. The van der Waals surface area contributed by atoms with E-state index in [0.717, 1.165) is 19.3 Å². The second kappa shape index (κ2) is 5.28. The molecule has 0 aliphatic heterocycles. The van der Waals surface area contributed by atoms with Gasteiger partial charge in [0.25, 0.3) is 0 Å². The van der Waals surface area contributed by atoms with Crippen LogP contribution < -0.4 is 15.2 Å². The van der Waals surface area contributed by atoms with Crippen LogP contribution in [0, 0.1) is 0 Å². The van der Waals surface area contributed by atoms with Crippen molar-refractivity contribution in [1.29, 1.82) is 0 Å². The van der Waals surface area contributed by atoms with Crippen LogP contribution in [0.4, 0.5) is 13.2 Å². The van der Waals surface area contributed by atoms with E-state index < -0.39 is 12.0 Å². The first-order chi connectivity index (χ1) is 8.94. The van der Waals surface area contributed by atoms with Gasteiger partial charge >= 0.3 is 6.36 Å². The van der Waals surface area contributed by atoms with E-state index in [4.69, 9.17) is 10.5 Å². The first-order valence-electron chi connectivity index (χ1n) is 6.18. The van der Waals surface area contributed by atoms with Gasteiger partial charge in [0, 0.05) is 0 Å². The first-order valence-corrected chi connectivity index (χ1v) is 6.18. The molecule has 0 spiro atoms. The van der Waals surface area contributed by atoms with E-state index in [2.05, 4.69) is 4.74 Å². The van der Waals surface area contributed by atoms with Crippen LogP contribution in [0.5, 0.6) is 11.5 Å². The molecule has 0 unspecified atom stereocenters. The van der Waals surface area contributed by atoms with Crippen molar-refractivity contribution in [3.63, 3.8) is 0 Å². The van der Waals surface area contributed by atoms with Crippen LogP contribution in [0.3, 0.4) is 0 Å². The fourth-order valence-electron chi connectivity index (χ4n) is 2.21. The van der Waals surface area contributed by atoms with Gasteiger partial charge in [0.1, 0.15) is 5.60 Å². The average molecular weight is 275 g/mol. The van der Waals surface area contributed by atoms with Crippen molar-refractivity contribution in [2.45, 2.75) is 37.6 Å². The highest BCUT2D eigenvalue weighted by molar-refractivity contribution is 5.40. The Balaban J connectivity index is 2.15. The van der Waals surface area contributed by atoms with Gasteiger partial charge in [0.15, 0.2) is 11.5 Å². The molecule has 1 aromatic carbocycles. The molecule has 19 heavy (non-hydrogen) atoms. The van der Waals surface area contributed by atoms with Gasteiger partial charge in [-0.25, -0.2) is 0 Å². The Hall–Kier alpha value is -1.43. The molecule has 1 aliphatic carbocycles. The van der Waals surface area contributed by atoms with Gasteiger partial charge in [0.05, 0.1) is 0 Å². The van der Waals surface area contributed by atoms with Crippen molar-refractivity contribution in [1.82, 2.24) is 0 Å². The maximum absolute atomic E-state index is 12.3. The molecule has 1 saturated carbocycles. The minimum absolute atomic E-state index is 0.118. The molecule has 0 bridgehead atoms. The molecule has 1 fully saturated rings. The summed E-state index contributed by atoms with van der Waals surface area (Å²) in [6.45, 7) is 0.447. The Labute approximate surface area is 109 Å². The Morgan fingerprint density at radius 3 is 2.26 bits per heavy atom. The summed E-state index contributed by atoms with van der Waals surface area (Å²) < 4.78 is 46.6. The molecule has 0 heterocycles. The Bertz CT molecular complexity index is 430. The van der Waals surface area contributed by atoms with Crippen molar-refractivity contribution in [3.8, 4) is 11.5 Å². The molecular weight excluding hydrogens is 259 g/mol. The van der Waals surface area contributed by atoms with E-state index in [1.165, 1.54) is 18.2 Å². The summed E-state index contributed by atoms with van der Waals surface area (Å²) in [6, 6.07) is 5.83. The van der Waals surface area contributed by atoms with Gasteiger partial charge in [-0.3, -0.25) is 0 Å². The van der Waals surface area contributed by atoms with Crippen LogP contribution in [0.1, 0.15) is 25.7 Å². The summed E-state index contributed by atoms with van der Waals surface area (Å²) in [4.78, 5) is 0. The third-order valence-corrected chi connectivity index (χ3v) is 3.27. The molecule has 0 atom stereocenters. The number of ether oxygens (including phenoxy) is 2. The van der Waals surface area contributed by atoms with Gasteiger partial charge in [-0.15, -0.1) is 13.2 Å². The summed E-state index contributed by atoms with van der Waals surface area (Å²) >= 11 is 0. The zero-order chi connectivity index (χ0) is 13.9. The number of benzene rings is 1. The zero-order valence-electron chi connectivity index (χ0n) is 10.4. The number of para-hydroxylation sites is 2. The maximum atomic E-state index is 12.3. The van der Waals surface area contributed by atoms with Gasteiger partial charge in [-0.1, -0.05) is 12.1 Å². The number of hydrogen-bond acceptors (Lipinski definition) is 3. The number of halogens is 3. The Morgan fingerprint density at radius 1 is 1.16 bits per heavy atom. The largest absolute Gasteiger partial charge is 0.573 e. The van der Waals surface area contributed by atoms with Crippen molar-refractivity contribution in [2.24, 2.45) is 5.73 Å². The lowest BCUT2D eigenvalue weighted by molar-refractivity contribution is -0.275. The van der Waals surface area contributed by atoms with Crippen molar-refractivity contribution in [2.75, 3.05) is 6.54 Å². The van der Waals surface area contributed by atoms with Crippen LogP contribution in [0.15, 0.2) is 24.3 Å². The number of hydrogen-bond donors (Lipinski definition) is 1. The Kier molecular flexibility index (Phi) is 3.89. The molecule has 1 aliphatic rings. The van der Waals surface area contributed by atoms with Crippen LogP contribution in [0.25, 0.3) is 0 Å².